The van der Waals surface area contributed by atoms with Crippen LogP contribution in [0, 0.1) is 39.9 Å². The van der Waals surface area contributed by atoms with Crippen LogP contribution in [0.4, 0.5) is 0 Å². The van der Waals surface area contributed by atoms with Crippen LogP contribution in [-0.4, -0.2) is 59.4 Å². The molecule has 152 valence electrons. The van der Waals surface area contributed by atoms with Crippen molar-refractivity contribution in [2.24, 2.45) is 39.9 Å². The molecule has 4 saturated carbocycles. The molecule has 2 aliphatic heterocycles. The standard InChI is InChI=1S/C21H32O6/c1-18(2)7-6-14(22)19-10-27-21(25,17(24)15(18)19)20-8-11(4-5-13(19)20)12(9-26-3)16(20)23/h11-15,17,22,24-25H,4-10H2,1-3H3. The first-order valence-corrected chi connectivity index (χ1v) is 10.4. The van der Waals surface area contributed by atoms with Crippen LogP contribution in [0.2, 0.25) is 0 Å². The monoisotopic (exact) mass is 380 g/mol. The molecule has 0 radical (unpaired) electrons. The van der Waals surface area contributed by atoms with E-state index in [0.717, 1.165) is 19.3 Å². The quantitative estimate of drug-likeness (QED) is 0.664. The van der Waals surface area contributed by atoms with Crippen LogP contribution in [0.25, 0.3) is 0 Å². The van der Waals surface area contributed by atoms with E-state index in [1.165, 1.54) is 0 Å². The van der Waals surface area contributed by atoms with Crippen molar-refractivity contribution >= 4 is 5.78 Å². The summed E-state index contributed by atoms with van der Waals surface area (Å²) in [4.78, 5) is 13.7. The Hall–Kier alpha value is -0.530. The van der Waals surface area contributed by atoms with Crippen molar-refractivity contribution in [1.29, 1.82) is 0 Å². The van der Waals surface area contributed by atoms with Crippen LogP contribution >= 0.6 is 0 Å². The van der Waals surface area contributed by atoms with E-state index in [2.05, 4.69) is 13.8 Å². The summed E-state index contributed by atoms with van der Waals surface area (Å²) < 4.78 is 11.3. The lowest BCUT2D eigenvalue weighted by molar-refractivity contribution is -0.448. The highest BCUT2D eigenvalue weighted by Crippen LogP contribution is 2.76. The Morgan fingerprint density at radius 1 is 1.22 bits per heavy atom. The molecule has 6 fully saturated rings. The molecule has 9 unspecified atom stereocenters. The highest BCUT2D eigenvalue weighted by atomic mass is 16.6. The first kappa shape index (κ1) is 18.5. The van der Waals surface area contributed by atoms with E-state index < -0.39 is 28.8 Å². The maximum absolute atomic E-state index is 13.7. The van der Waals surface area contributed by atoms with Gasteiger partial charge in [-0.25, -0.2) is 0 Å². The zero-order valence-corrected chi connectivity index (χ0v) is 16.5. The third kappa shape index (κ3) is 1.79. The van der Waals surface area contributed by atoms with E-state index in [0.29, 0.717) is 19.4 Å². The number of aliphatic hydroxyl groups is 3. The Morgan fingerprint density at radius 3 is 2.67 bits per heavy atom. The number of hydrogen-bond acceptors (Lipinski definition) is 6. The van der Waals surface area contributed by atoms with Gasteiger partial charge in [-0.05, 0) is 49.4 Å². The fraction of sp³-hybridized carbons (Fsp3) is 0.952. The first-order valence-electron chi connectivity index (χ1n) is 10.4. The normalized spacial score (nSPS) is 58.1. The molecule has 2 saturated heterocycles. The van der Waals surface area contributed by atoms with Gasteiger partial charge in [0.1, 0.15) is 11.9 Å². The lowest BCUT2D eigenvalue weighted by Gasteiger charge is -2.74. The van der Waals surface area contributed by atoms with Gasteiger partial charge in [-0.2, -0.15) is 0 Å². The molecule has 4 bridgehead atoms. The molecule has 0 aromatic rings. The molecule has 0 amide bonds. The highest BCUT2D eigenvalue weighted by Gasteiger charge is 2.84. The highest BCUT2D eigenvalue weighted by molar-refractivity contribution is 5.92. The van der Waals surface area contributed by atoms with Crippen molar-refractivity contribution < 1.29 is 29.6 Å². The number of rotatable bonds is 2. The molecule has 0 aromatic heterocycles. The number of carbonyl (C=O) groups excluding carboxylic acids is 1. The number of fused-ring (bicyclic) bond motifs is 2. The minimum Gasteiger partial charge on any atom is -0.392 e. The maximum atomic E-state index is 13.7. The Balaban J connectivity index is 1.71. The van der Waals surface area contributed by atoms with E-state index in [1.54, 1.807) is 7.11 Å². The summed E-state index contributed by atoms with van der Waals surface area (Å²) in [5, 5.41) is 34.4. The molecule has 2 heterocycles. The number of hydrogen-bond donors (Lipinski definition) is 3. The lowest BCUT2D eigenvalue weighted by Crippen LogP contribution is -2.83. The molecular formula is C21H32O6. The number of methoxy groups -OCH3 is 1. The largest absolute Gasteiger partial charge is 0.392 e. The number of carbonyl (C=O) groups is 1. The predicted molar refractivity (Wildman–Crippen MR) is 95.5 cm³/mol. The average molecular weight is 380 g/mol. The van der Waals surface area contributed by atoms with E-state index in [4.69, 9.17) is 9.47 Å². The fourth-order valence-electron chi connectivity index (χ4n) is 8.40. The van der Waals surface area contributed by atoms with E-state index >= 15 is 0 Å². The summed E-state index contributed by atoms with van der Waals surface area (Å²) in [5.74, 6) is -2.44. The zero-order valence-electron chi connectivity index (χ0n) is 16.5. The van der Waals surface area contributed by atoms with Crippen molar-refractivity contribution in [2.75, 3.05) is 20.3 Å². The second kappa shape index (κ2) is 5.33. The second-order valence-corrected chi connectivity index (χ2v) is 10.6. The van der Waals surface area contributed by atoms with Gasteiger partial charge in [-0.3, -0.25) is 4.79 Å². The number of Topliss-reactive ketones (excluding diaryl/α,β-unsaturated/α-hetero) is 1. The van der Waals surface area contributed by atoms with E-state index in [9.17, 15) is 20.1 Å². The van der Waals surface area contributed by atoms with Gasteiger partial charge >= 0.3 is 0 Å². The Labute approximate surface area is 160 Å². The third-order valence-corrected chi connectivity index (χ3v) is 9.35. The van der Waals surface area contributed by atoms with Crippen LogP contribution in [0.3, 0.4) is 0 Å². The third-order valence-electron chi connectivity index (χ3n) is 9.35. The molecule has 6 aliphatic rings. The van der Waals surface area contributed by atoms with Crippen LogP contribution in [0.15, 0.2) is 0 Å². The van der Waals surface area contributed by atoms with Crippen molar-refractivity contribution in [3.63, 3.8) is 0 Å². The van der Waals surface area contributed by atoms with Gasteiger partial charge in [-0.1, -0.05) is 13.8 Å². The first-order chi connectivity index (χ1) is 12.7. The summed E-state index contributed by atoms with van der Waals surface area (Å²) in [6, 6.07) is 0. The van der Waals surface area contributed by atoms with Crippen LogP contribution in [0.1, 0.15) is 46.0 Å². The molecule has 6 heteroatoms. The molecule has 9 atom stereocenters. The number of ether oxygens (including phenoxy) is 2. The Kier molecular flexibility index (Phi) is 3.65. The summed E-state index contributed by atoms with van der Waals surface area (Å²) in [6.07, 6.45) is 1.86. The SMILES string of the molecule is COCC1C(=O)C23CC1CCC2C12COC3(O)C(O)C1C(C)(C)CCC2O. The molecule has 6 nitrogen and oxygen atoms in total. The Bertz CT molecular complexity index is 678. The fourth-order valence-corrected chi connectivity index (χ4v) is 8.40. The predicted octanol–water partition coefficient (Wildman–Crippen LogP) is 1.11. The van der Waals surface area contributed by atoms with Gasteiger partial charge in [-0.15, -0.1) is 0 Å². The van der Waals surface area contributed by atoms with Crippen molar-refractivity contribution in [1.82, 2.24) is 0 Å². The second-order valence-electron chi connectivity index (χ2n) is 10.6. The Morgan fingerprint density at radius 2 is 1.96 bits per heavy atom. The molecule has 6 rings (SSSR count). The topological polar surface area (TPSA) is 96.2 Å². The van der Waals surface area contributed by atoms with Crippen LogP contribution < -0.4 is 0 Å². The number of ketones is 1. The van der Waals surface area contributed by atoms with E-state index in [1.807, 2.05) is 0 Å². The van der Waals surface area contributed by atoms with Gasteiger partial charge in [0.15, 0.2) is 0 Å². The minimum atomic E-state index is -1.86. The molecule has 0 aromatic carbocycles. The van der Waals surface area contributed by atoms with Crippen molar-refractivity contribution in [2.45, 2.75) is 63.9 Å². The molecule has 2 spiro atoms. The summed E-state index contributed by atoms with van der Waals surface area (Å²) in [6.45, 7) is 4.78. The van der Waals surface area contributed by atoms with Gasteiger partial charge in [0.25, 0.3) is 0 Å². The van der Waals surface area contributed by atoms with Crippen LogP contribution in [0.5, 0.6) is 0 Å². The molecule has 27 heavy (non-hydrogen) atoms. The zero-order chi connectivity index (χ0) is 19.4. The molecule has 4 aliphatic carbocycles. The van der Waals surface area contributed by atoms with Crippen molar-refractivity contribution in [3.8, 4) is 0 Å². The maximum Gasteiger partial charge on any atom is 0.205 e. The van der Waals surface area contributed by atoms with Gasteiger partial charge in [0.05, 0.1) is 24.7 Å². The molecule has 3 N–H and O–H groups in total. The average Bonchev–Trinajstić information content (AvgIpc) is 2.83. The molecular weight excluding hydrogens is 348 g/mol. The number of aliphatic hydroxyl groups excluding tert-OH is 2. The van der Waals surface area contributed by atoms with Crippen molar-refractivity contribution in [3.05, 3.63) is 0 Å². The summed E-state index contributed by atoms with van der Waals surface area (Å²) in [5.41, 5.74) is -2.03. The van der Waals surface area contributed by atoms with E-state index in [-0.39, 0.29) is 41.5 Å². The minimum absolute atomic E-state index is 0.0218. The summed E-state index contributed by atoms with van der Waals surface area (Å²) >= 11 is 0. The lowest BCUT2D eigenvalue weighted by atomic mass is 9.36. The smallest absolute Gasteiger partial charge is 0.205 e. The summed E-state index contributed by atoms with van der Waals surface area (Å²) in [7, 11) is 1.60. The van der Waals surface area contributed by atoms with Gasteiger partial charge in [0.2, 0.25) is 5.79 Å². The van der Waals surface area contributed by atoms with Gasteiger partial charge < -0.3 is 24.8 Å². The van der Waals surface area contributed by atoms with Gasteiger partial charge in [0, 0.05) is 24.4 Å². The van der Waals surface area contributed by atoms with Crippen LogP contribution in [-0.2, 0) is 14.3 Å².